The highest BCUT2D eigenvalue weighted by atomic mass is 16.2. The van der Waals surface area contributed by atoms with E-state index in [4.69, 9.17) is 0 Å². The van der Waals surface area contributed by atoms with Gasteiger partial charge in [-0.2, -0.15) is 4.68 Å². The summed E-state index contributed by atoms with van der Waals surface area (Å²) < 4.78 is 1.25. The molecule has 0 unspecified atom stereocenters. The minimum absolute atomic E-state index is 0.269. The third-order valence-corrected chi connectivity index (χ3v) is 2.05. The van der Waals surface area contributed by atoms with Crippen molar-refractivity contribution in [3.8, 4) is 0 Å². The van der Waals surface area contributed by atoms with Crippen LogP contribution < -0.4 is 5.69 Å². The van der Waals surface area contributed by atoms with E-state index in [-0.39, 0.29) is 5.69 Å². The Balaban J connectivity index is 2.27. The van der Waals surface area contributed by atoms with Crippen molar-refractivity contribution in [1.29, 1.82) is 0 Å². The van der Waals surface area contributed by atoms with Crippen molar-refractivity contribution in [3.63, 3.8) is 0 Å². The molecule has 1 aliphatic rings. The summed E-state index contributed by atoms with van der Waals surface area (Å²) in [5.74, 6) is 0. The summed E-state index contributed by atoms with van der Waals surface area (Å²) in [6.07, 6.45) is 6.38. The second-order valence-corrected chi connectivity index (χ2v) is 2.95. The first-order valence-electron chi connectivity index (χ1n) is 4.06. The van der Waals surface area contributed by atoms with Gasteiger partial charge in [0.05, 0.1) is 0 Å². The Morgan fingerprint density at radius 2 is 2.17 bits per heavy atom. The Kier molecular flexibility index (Phi) is 1.77. The monoisotopic (exact) mass is 166 g/mol. The van der Waals surface area contributed by atoms with E-state index < -0.39 is 0 Å². The van der Waals surface area contributed by atoms with Crippen LogP contribution >= 0.6 is 0 Å². The fraction of sp³-hybridized carbons (Fsp3) is 0.571. The molecular formula is C7H10N4O. The maximum atomic E-state index is 10.9. The first kappa shape index (κ1) is 7.27. The van der Waals surface area contributed by atoms with Crippen LogP contribution in [0.1, 0.15) is 25.7 Å². The number of H-pyrrole nitrogens is 1. The highest BCUT2D eigenvalue weighted by Gasteiger charge is 2.07. The molecular weight excluding hydrogens is 156 g/mol. The van der Waals surface area contributed by atoms with Crippen molar-refractivity contribution >= 4 is 6.20 Å². The number of aromatic amines is 1. The molecule has 1 aliphatic carbocycles. The van der Waals surface area contributed by atoms with Crippen molar-refractivity contribution in [3.05, 3.63) is 16.1 Å². The van der Waals surface area contributed by atoms with Gasteiger partial charge in [0.25, 0.3) is 0 Å². The van der Waals surface area contributed by atoms with Crippen molar-refractivity contribution in [1.82, 2.24) is 20.2 Å². The van der Waals surface area contributed by atoms with Crippen LogP contribution in [0.3, 0.4) is 0 Å². The molecule has 0 amide bonds. The largest absolute Gasteiger partial charge is 0.365 e. The summed E-state index contributed by atoms with van der Waals surface area (Å²) >= 11 is 0. The molecule has 0 spiro atoms. The second kappa shape index (κ2) is 2.92. The minimum atomic E-state index is -0.269. The predicted molar refractivity (Wildman–Crippen MR) is 43.4 cm³/mol. The van der Waals surface area contributed by atoms with Crippen molar-refractivity contribution < 1.29 is 0 Å². The van der Waals surface area contributed by atoms with E-state index in [9.17, 15) is 4.79 Å². The van der Waals surface area contributed by atoms with Gasteiger partial charge in [0.2, 0.25) is 0 Å². The Bertz CT molecular complexity index is 340. The van der Waals surface area contributed by atoms with Crippen LogP contribution in [0.5, 0.6) is 0 Å². The van der Waals surface area contributed by atoms with Crippen LogP contribution in [-0.2, 0) is 0 Å². The van der Waals surface area contributed by atoms with Crippen LogP contribution in [0.2, 0.25) is 0 Å². The number of hydrogen-bond donors (Lipinski definition) is 1. The first-order valence-corrected chi connectivity index (χ1v) is 4.06. The molecule has 64 valence electrons. The van der Waals surface area contributed by atoms with Gasteiger partial charge in [-0.3, -0.25) is 0 Å². The predicted octanol–water partition coefficient (Wildman–Crippen LogP) is 0.381. The molecule has 1 heterocycles. The molecule has 0 saturated heterocycles. The lowest BCUT2D eigenvalue weighted by Gasteiger charge is -1.91. The second-order valence-electron chi connectivity index (χ2n) is 2.95. The molecule has 5 heteroatoms. The lowest BCUT2D eigenvalue weighted by Crippen LogP contribution is -2.12. The molecule has 0 atom stereocenters. The average Bonchev–Trinajstić information content (AvgIpc) is 2.65. The number of hydrogen-bond acceptors (Lipinski definition) is 3. The van der Waals surface area contributed by atoms with Crippen molar-refractivity contribution in [2.45, 2.75) is 25.7 Å². The Morgan fingerprint density at radius 1 is 1.42 bits per heavy atom. The number of nitrogens with zero attached hydrogens (tertiary/aromatic N) is 3. The number of aromatic nitrogens is 4. The molecule has 1 aromatic heterocycles. The molecule has 0 radical (unpaired) electrons. The van der Waals surface area contributed by atoms with E-state index in [1.54, 1.807) is 6.20 Å². The standard InChI is InChI=1S/C7H10N4O/c12-7-8-9-10-11(7)5-6-3-1-2-4-6/h5H,1-4H2,(H,8,10,12). The Hall–Kier alpha value is -1.39. The summed E-state index contributed by atoms with van der Waals surface area (Å²) in [7, 11) is 0. The first-order chi connectivity index (χ1) is 5.86. The van der Waals surface area contributed by atoms with Gasteiger partial charge in [-0.05, 0) is 36.1 Å². The third-order valence-electron chi connectivity index (χ3n) is 2.05. The zero-order chi connectivity index (χ0) is 8.39. The van der Waals surface area contributed by atoms with Crippen LogP contribution in [0.25, 0.3) is 6.20 Å². The van der Waals surface area contributed by atoms with E-state index >= 15 is 0 Å². The molecule has 0 aromatic carbocycles. The van der Waals surface area contributed by atoms with Gasteiger partial charge in [0.1, 0.15) is 0 Å². The van der Waals surface area contributed by atoms with Gasteiger partial charge >= 0.3 is 5.69 Å². The van der Waals surface area contributed by atoms with Crippen molar-refractivity contribution in [2.24, 2.45) is 0 Å². The van der Waals surface area contributed by atoms with Gasteiger partial charge in [0.15, 0.2) is 0 Å². The maximum Gasteiger partial charge on any atom is 0.365 e. The summed E-state index contributed by atoms with van der Waals surface area (Å²) in [6, 6.07) is 0. The number of nitrogens with one attached hydrogen (secondary N) is 1. The van der Waals surface area contributed by atoms with Gasteiger partial charge in [-0.15, -0.1) is 0 Å². The quantitative estimate of drug-likeness (QED) is 0.656. The summed E-state index contributed by atoms with van der Waals surface area (Å²) in [4.78, 5) is 10.9. The summed E-state index contributed by atoms with van der Waals surface area (Å²) in [5.41, 5.74) is 1.01. The molecule has 1 aromatic rings. The molecule has 1 N–H and O–H groups in total. The molecule has 1 fully saturated rings. The van der Waals surface area contributed by atoms with E-state index in [0.717, 1.165) is 12.8 Å². The molecule has 0 bridgehead atoms. The molecule has 5 nitrogen and oxygen atoms in total. The fourth-order valence-electron chi connectivity index (χ4n) is 1.42. The lowest BCUT2D eigenvalue weighted by atomic mass is 10.2. The summed E-state index contributed by atoms with van der Waals surface area (Å²) in [5, 5.41) is 9.24. The van der Waals surface area contributed by atoms with Gasteiger partial charge in [-0.1, -0.05) is 5.57 Å². The molecule has 1 saturated carbocycles. The molecule has 12 heavy (non-hydrogen) atoms. The SMILES string of the molecule is O=c1[nH]nnn1C=C1CCCC1. The smallest absolute Gasteiger partial charge is 0.244 e. The average molecular weight is 166 g/mol. The van der Waals surface area contributed by atoms with Crippen LogP contribution in [0.15, 0.2) is 10.4 Å². The van der Waals surface area contributed by atoms with E-state index in [2.05, 4.69) is 15.5 Å². The Labute approximate surface area is 69.1 Å². The molecule has 0 aliphatic heterocycles. The number of rotatable bonds is 1. The van der Waals surface area contributed by atoms with E-state index in [1.807, 2.05) is 0 Å². The highest BCUT2D eigenvalue weighted by molar-refractivity contribution is 5.29. The van der Waals surface area contributed by atoms with E-state index in [0.29, 0.717) is 0 Å². The zero-order valence-corrected chi connectivity index (χ0v) is 6.66. The van der Waals surface area contributed by atoms with Gasteiger partial charge in [-0.25, -0.2) is 9.89 Å². The summed E-state index contributed by atoms with van der Waals surface area (Å²) in [6.45, 7) is 0. The lowest BCUT2D eigenvalue weighted by molar-refractivity contribution is 0.806. The van der Waals surface area contributed by atoms with Crippen LogP contribution in [0, 0.1) is 0 Å². The maximum absolute atomic E-state index is 10.9. The number of allylic oxidation sites excluding steroid dienone is 1. The van der Waals surface area contributed by atoms with Gasteiger partial charge < -0.3 is 0 Å². The number of tetrazole rings is 1. The zero-order valence-electron chi connectivity index (χ0n) is 6.66. The topological polar surface area (TPSA) is 63.6 Å². The normalized spacial score (nSPS) is 16.8. The fourth-order valence-corrected chi connectivity index (χ4v) is 1.42. The third kappa shape index (κ3) is 1.30. The highest BCUT2D eigenvalue weighted by Crippen LogP contribution is 2.23. The molecule has 2 rings (SSSR count). The van der Waals surface area contributed by atoms with Crippen molar-refractivity contribution in [2.75, 3.05) is 0 Å². The van der Waals surface area contributed by atoms with E-state index in [1.165, 1.54) is 23.1 Å². The Morgan fingerprint density at radius 3 is 2.75 bits per heavy atom. The van der Waals surface area contributed by atoms with Crippen LogP contribution in [0.4, 0.5) is 0 Å². The van der Waals surface area contributed by atoms with Gasteiger partial charge in [0, 0.05) is 6.20 Å². The minimum Gasteiger partial charge on any atom is -0.244 e. The van der Waals surface area contributed by atoms with Crippen LogP contribution in [-0.4, -0.2) is 20.2 Å².